The predicted octanol–water partition coefficient (Wildman–Crippen LogP) is 0.988. The molecule has 1 fully saturated rings. The van der Waals surface area contributed by atoms with E-state index in [1.807, 2.05) is 0 Å². The minimum atomic E-state index is -0.647. The van der Waals surface area contributed by atoms with Gasteiger partial charge in [-0.25, -0.2) is 4.79 Å². The molecule has 1 aromatic rings. The molecule has 1 heterocycles. The fraction of sp³-hybridized carbons (Fsp3) is 0.429. The summed E-state index contributed by atoms with van der Waals surface area (Å²) in [4.78, 5) is 25.1. The van der Waals surface area contributed by atoms with Gasteiger partial charge in [0.1, 0.15) is 0 Å². The van der Waals surface area contributed by atoms with Crippen LogP contribution in [0.3, 0.4) is 0 Å². The molecule has 0 aromatic heterocycles. The number of nitrogens with zero attached hydrogens (tertiary/aromatic N) is 1. The molecule has 0 spiro atoms. The molecule has 1 unspecified atom stereocenters. The van der Waals surface area contributed by atoms with Gasteiger partial charge in [-0.15, -0.1) is 0 Å². The van der Waals surface area contributed by atoms with Gasteiger partial charge in [-0.3, -0.25) is 4.79 Å². The van der Waals surface area contributed by atoms with E-state index < -0.39 is 6.03 Å². The Kier molecular flexibility index (Phi) is 3.94. The molecular formula is C14H20N4O2. The zero-order valence-corrected chi connectivity index (χ0v) is 11.6. The van der Waals surface area contributed by atoms with Crippen molar-refractivity contribution in [3.63, 3.8) is 0 Å². The number of carbonyl (C=O) groups is 2. The number of anilines is 1. The minimum absolute atomic E-state index is 0.00125. The van der Waals surface area contributed by atoms with E-state index in [9.17, 15) is 9.59 Å². The van der Waals surface area contributed by atoms with E-state index in [0.29, 0.717) is 30.9 Å². The summed E-state index contributed by atoms with van der Waals surface area (Å²) in [6, 6.07) is 6.12. The van der Waals surface area contributed by atoms with Gasteiger partial charge in [0.05, 0.1) is 0 Å². The van der Waals surface area contributed by atoms with E-state index in [4.69, 9.17) is 11.5 Å². The number of likely N-dealkylation sites (tertiary alicyclic amines) is 1. The van der Waals surface area contributed by atoms with Crippen LogP contribution >= 0.6 is 0 Å². The molecule has 1 aliphatic rings. The highest BCUT2D eigenvalue weighted by Gasteiger charge is 2.35. The van der Waals surface area contributed by atoms with Crippen molar-refractivity contribution in [1.82, 2.24) is 4.90 Å². The van der Waals surface area contributed by atoms with Crippen molar-refractivity contribution in [2.24, 2.45) is 16.9 Å². The monoisotopic (exact) mass is 276 g/mol. The Labute approximate surface area is 118 Å². The van der Waals surface area contributed by atoms with Crippen molar-refractivity contribution in [2.75, 3.05) is 25.0 Å². The van der Waals surface area contributed by atoms with Gasteiger partial charge in [0, 0.05) is 24.3 Å². The highest BCUT2D eigenvalue weighted by Crippen LogP contribution is 2.29. The third-order valence-electron chi connectivity index (χ3n) is 3.71. The number of carbonyl (C=O) groups excluding carboxylic acids is 2. The topological polar surface area (TPSA) is 101 Å². The maximum Gasteiger partial charge on any atom is 0.316 e. The number of nitrogens with two attached hydrogens (primary N) is 2. The first-order valence-corrected chi connectivity index (χ1v) is 6.59. The second-order valence-corrected chi connectivity index (χ2v) is 5.56. The molecule has 1 atom stereocenters. The fourth-order valence-electron chi connectivity index (χ4n) is 2.42. The van der Waals surface area contributed by atoms with Crippen LogP contribution in [0.5, 0.6) is 0 Å². The van der Waals surface area contributed by atoms with Crippen molar-refractivity contribution in [2.45, 2.75) is 13.3 Å². The molecule has 1 aliphatic heterocycles. The highest BCUT2D eigenvalue weighted by molar-refractivity contribution is 5.96. The number of nitrogens with one attached hydrogen (secondary N) is 1. The lowest BCUT2D eigenvalue weighted by Gasteiger charge is -2.22. The van der Waals surface area contributed by atoms with Crippen LogP contribution in [0.1, 0.15) is 23.7 Å². The third kappa shape index (κ3) is 3.08. The molecule has 0 radical (unpaired) electrons. The molecular weight excluding hydrogens is 256 g/mol. The Morgan fingerprint density at radius 1 is 1.45 bits per heavy atom. The molecule has 1 aromatic carbocycles. The first kappa shape index (κ1) is 14.3. The Hall–Kier alpha value is -2.08. The van der Waals surface area contributed by atoms with E-state index in [1.54, 1.807) is 29.2 Å². The second kappa shape index (κ2) is 5.50. The smallest absolute Gasteiger partial charge is 0.316 e. The Morgan fingerprint density at radius 2 is 2.20 bits per heavy atom. The van der Waals surface area contributed by atoms with Crippen LogP contribution in [0.4, 0.5) is 10.5 Å². The van der Waals surface area contributed by atoms with Crippen LogP contribution in [0, 0.1) is 5.41 Å². The number of rotatable bonds is 3. The summed E-state index contributed by atoms with van der Waals surface area (Å²) >= 11 is 0. The summed E-state index contributed by atoms with van der Waals surface area (Å²) in [6.45, 7) is 4.03. The Balaban J connectivity index is 2.12. The first-order valence-electron chi connectivity index (χ1n) is 6.59. The van der Waals surface area contributed by atoms with Crippen LogP contribution in [0.15, 0.2) is 24.3 Å². The van der Waals surface area contributed by atoms with E-state index in [1.165, 1.54) is 0 Å². The molecule has 6 heteroatoms. The second-order valence-electron chi connectivity index (χ2n) is 5.56. The van der Waals surface area contributed by atoms with E-state index in [0.717, 1.165) is 6.42 Å². The zero-order chi connectivity index (χ0) is 14.8. The number of primary amides is 1. The SMILES string of the molecule is CC1(CN)CCN(C(=O)c2cccc(NC(N)=O)c2)C1. The molecule has 0 aliphatic carbocycles. The van der Waals surface area contributed by atoms with Crippen LogP contribution in [0.25, 0.3) is 0 Å². The van der Waals surface area contributed by atoms with Crippen LogP contribution < -0.4 is 16.8 Å². The summed E-state index contributed by atoms with van der Waals surface area (Å²) in [7, 11) is 0. The molecule has 6 nitrogen and oxygen atoms in total. The lowest BCUT2D eigenvalue weighted by Crippen LogP contribution is -2.34. The average molecular weight is 276 g/mol. The van der Waals surface area contributed by atoms with Crippen molar-refractivity contribution < 1.29 is 9.59 Å². The van der Waals surface area contributed by atoms with E-state index in [-0.39, 0.29) is 11.3 Å². The van der Waals surface area contributed by atoms with Crippen LogP contribution in [0.2, 0.25) is 0 Å². The molecule has 2 rings (SSSR count). The van der Waals surface area contributed by atoms with E-state index >= 15 is 0 Å². The molecule has 0 bridgehead atoms. The quantitative estimate of drug-likeness (QED) is 0.767. The summed E-state index contributed by atoms with van der Waals surface area (Å²) in [5, 5.41) is 2.47. The molecule has 3 amide bonds. The van der Waals surface area contributed by atoms with Crippen molar-refractivity contribution >= 4 is 17.6 Å². The number of benzene rings is 1. The maximum absolute atomic E-state index is 12.4. The van der Waals surface area contributed by atoms with Crippen molar-refractivity contribution in [3.05, 3.63) is 29.8 Å². The third-order valence-corrected chi connectivity index (χ3v) is 3.71. The van der Waals surface area contributed by atoms with Crippen LogP contribution in [-0.2, 0) is 0 Å². The number of urea groups is 1. The van der Waals surface area contributed by atoms with Gasteiger partial charge in [0.15, 0.2) is 0 Å². The Morgan fingerprint density at radius 3 is 2.80 bits per heavy atom. The predicted molar refractivity (Wildman–Crippen MR) is 77.3 cm³/mol. The summed E-state index contributed by atoms with van der Waals surface area (Å²) in [5.41, 5.74) is 11.9. The highest BCUT2D eigenvalue weighted by atomic mass is 16.2. The summed E-state index contributed by atoms with van der Waals surface area (Å²) in [6.07, 6.45) is 0.911. The standard InChI is InChI=1S/C14H20N4O2/c1-14(8-15)5-6-18(9-14)12(19)10-3-2-4-11(7-10)17-13(16)20/h2-4,7H,5-6,8-9,15H2,1H3,(H3,16,17,20). The van der Waals surface area contributed by atoms with Gasteiger partial charge < -0.3 is 21.7 Å². The van der Waals surface area contributed by atoms with Gasteiger partial charge in [0.2, 0.25) is 0 Å². The number of hydrogen-bond donors (Lipinski definition) is 3. The zero-order valence-electron chi connectivity index (χ0n) is 11.6. The number of hydrogen-bond acceptors (Lipinski definition) is 3. The number of amides is 3. The van der Waals surface area contributed by atoms with Gasteiger partial charge in [-0.2, -0.15) is 0 Å². The normalized spacial score (nSPS) is 21.8. The van der Waals surface area contributed by atoms with Crippen molar-refractivity contribution in [1.29, 1.82) is 0 Å². The largest absolute Gasteiger partial charge is 0.351 e. The van der Waals surface area contributed by atoms with Crippen molar-refractivity contribution in [3.8, 4) is 0 Å². The first-order chi connectivity index (χ1) is 9.43. The van der Waals surface area contributed by atoms with Gasteiger partial charge in [-0.1, -0.05) is 13.0 Å². The average Bonchev–Trinajstić information content (AvgIpc) is 2.81. The summed E-state index contributed by atoms with van der Waals surface area (Å²) in [5.74, 6) is -0.0460. The minimum Gasteiger partial charge on any atom is -0.351 e. The van der Waals surface area contributed by atoms with Gasteiger partial charge >= 0.3 is 6.03 Å². The molecule has 1 saturated heterocycles. The molecule has 20 heavy (non-hydrogen) atoms. The maximum atomic E-state index is 12.4. The lowest BCUT2D eigenvalue weighted by atomic mass is 9.90. The van der Waals surface area contributed by atoms with E-state index in [2.05, 4.69) is 12.2 Å². The van der Waals surface area contributed by atoms with Gasteiger partial charge in [0.25, 0.3) is 5.91 Å². The fourth-order valence-corrected chi connectivity index (χ4v) is 2.42. The molecule has 0 saturated carbocycles. The van der Waals surface area contributed by atoms with Crippen LogP contribution in [-0.4, -0.2) is 36.5 Å². The Bertz CT molecular complexity index is 532. The molecule has 108 valence electrons. The lowest BCUT2D eigenvalue weighted by molar-refractivity contribution is 0.0777. The summed E-state index contributed by atoms with van der Waals surface area (Å²) < 4.78 is 0. The van der Waals surface area contributed by atoms with Gasteiger partial charge in [-0.05, 0) is 36.6 Å². The molecule has 5 N–H and O–H groups in total.